The van der Waals surface area contributed by atoms with Gasteiger partial charge in [-0.05, 0) is 54.9 Å². The molecule has 1 heterocycles. The topological polar surface area (TPSA) is 25.8 Å². The number of hydrogen-bond donors (Lipinski definition) is 0. The minimum atomic E-state index is 0.454. The Balaban J connectivity index is 2.27. The highest BCUT2D eigenvalue weighted by Crippen LogP contribution is 2.42. The van der Waals surface area contributed by atoms with Crippen LogP contribution in [-0.2, 0) is 0 Å². The molecule has 0 amide bonds. The standard InChI is InChI=1S/C15H18N2/c1-9(2)15-13-7-12(11-4-5-11)10(3)6-14(13)16-8-17-15/h6-9,11H,4-5H2,1-3H3. The van der Waals surface area contributed by atoms with Crippen molar-refractivity contribution in [3.05, 3.63) is 35.3 Å². The van der Waals surface area contributed by atoms with Crippen LogP contribution in [0, 0.1) is 6.92 Å². The minimum absolute atomic E-state index is 0.454. The Labute approximate surface area is 102 Å². The molecule has 0 atom stereocenters. The average Bonchev–Trinajstić information content (AvgIpc) is 3.10. The van der Waals surface area contributed by atoms with Crippen LogP contribution in [0.25, 0.3) is 10.9 Å². The Bertz CT molecular complexity index is 568. The van der Waals surface area contributed by atoms with E-state index in [1.54, 1.807) is 6.33 Å². The Morgan fingerprint density at radius 2 is 1.94 bits per heavy atom. The summed E-state index contributed by atoms with van der Waals surface area (Å²) in [4.78, 5) is 8.84. The van der Waals surface area contributed by atoms with Crippen molar-refractivity contribution in [2.45, 2.75) is 45.4 Å². The van der Waals surface area contributed by atoms with Gasteiger partial charge in [-0.25, -0.2) is 9.97 Å². The van der Waals surface area contributed by atoms with Crippen molar-refractivity contribution in [2.75, 3.05) is 0 Å². The third-order valence-corrected chi connectivity index (χ3v) is 3.62. The van der Waals surface area contributed by atoms with E-state index in [1.165, 1.54) is 35.0 Å². The van der Waals surface area contributed by atoms with Gasteiger partial charge in [-0.3, -0.25) is 0 Å². The third-order valence-electron chi connectivity index (χ3n) is 3.62. The Morgan fingerprint density at radius 1 is 1.18 bits per heavy atom. The summed E-state index contributed by atoms with van der Waals surface area (Å²) in [6.45, 7) is 6.58. The summed E-state index contributed by atoms with van der Waals surface area (Å²) in [7, 11) is 0. The molecule has 1 aromatic carbocycles. The predicted molar refractivity (Wildman–Crippen MR) is 70.3 cm³/mol. The second-order valence-corrected chi connectivity index (χ2v) is 5.41. The van der Waals surface area contributed by atoms with E-state index in [4.69, 9.17) is 0 Å². The zero-order valence-corrected chi connectivity index (χ0v) is 10.7. The normalized spacial score (nSPS) is 15.8. The SMILES string of the molecule is Cc1cc2ncnc(C(C)C)c2cc1C1CC1. The highest BCUT2D eigenvalue weighted by molar-refractivity contribution is 5.83. The van der Waals surface area contributed by atoms with Gasteiger partial charge in [-0.1, -0.05) is 13.8 Å². The zero-order valence-electron chi connectivity index (χ0n) is 10.7. The van der Waals surface area contributed by atoms with Crippen LogP contribution in [0.5, 0.6) is 0 Å². The molecular formula is C15H18N2. The van der Waals surface area contributed by atoms with Crippen molar-refractivity contribution in [3.63, 3.8) is 0 Å². The fourth-order valence-corrected chi connectivity index (χ4v) is 2.54. The van der Waals surface area contributed by atoms with Crippen LogP contribution in [0.3, 0.4) is 0 Å². The van der Waals surface area contributed by atoms with Crippen LogP contribution in [0.2, 0.25) is 0 Å². The van der Waals surface area contributed by atoms with Crippen LogP contribution >= 0.6 is 0 Å². The molecule has 2 aromatic rings. The summed E-state index contributed by atoms with van der Waals surface area (Å²) in [6.07, 6.45) is 4.38. The number of benzene rings is 1. The molecule has 1 fully saturated rings. The average molecular weight is 226 g/mol. The smallest absolute Gasteiger partial charge is 0.116 e. The summed E-state index contributed by atoms with van der Waals surface area (Å²) in [5.41, 5.74) is 5.16. The molecule has 1 aromatic heterocycles. The monoisotopic (exact) mass is 226 g/mol. The summed E-state index contributed by atoms with van der Waals surface area (Å²) < 4.78 is 0. The Morgan fingerprint density at radius 3 is 2.59 bits per heavy atom. The molecule has 0 saturated heterocycles. The lowest BCUT2D eigenvalue weighted by molar-refractivity contribution is 0.828. The van der Waals surface area contributed by atoms with Crippen molar-refractivity contribution < 1.29 is 0 Å². The van der Waals surface area contributed by atoms with E-state index in [2.05, 4.69) is 42.9 Å². The molecule has 0 aliphatic heterocycles. The first-order chi connectivity index (χ1) is 8.16. The lowest BCUT2D eigenvalue weighted by Crippen LogP contribution is -1.98. The first kappa shape index (κ1) is 10.7. The number of rotatable bonds is 2. The van der Waals surface area contributed by atoms with E-state index in [-0.39, 0.29) is 0 Å². The number of fused-ring (bicyclic) bond motifs is 1. The summed E-state index contributed by atoms with van der Waals surface area (Å²) in [5.74, 6) is 1.25. The Hall–Kier alpha value is -1.44. The van der Waals surface area contributed by atoms with Crippen LogP contribution in [0.1, 0.15) is 55.3 Å². The molecule has 88 valence electrons. The third kappa shape index (κ3) is 1.82. The van der Waals surface area contributed by atoms with E-state index in [0.29, 0.717) is 5.92 Å². The molecule has 0 unspecified atom stereocenters. The van der Waals surface area contributed by atoms with Gasteiger partial charge in [-0.15, -0.1) is 0 Å². The van der Waals surface area contributed by atoms with E-state index >= 15 is 0 Å². The van der Waals surface area contributed by atoms with Gasteiger partial charge in [0.15, 0.2) is 0 Å². The van der Waals surface area contributed by atoms with E-state index in [9.17, 15) is 0 Å². The first-order valence-corrected chi connectivity index (χ1v) is 6.42. The maximum absolute atomic E-state index is 4.45. The molecule has 1 aliphatic rings. The largest absolute Gasteiger partial charge is 0.240 e. The number of aromatic nitrogens is 2. The summed E-state index contributed by atoms with van der Waals surface area (Å²) in [6, 6.07) is 4.55. The van der Waals surface area contributed by atoms with Crippen LogP contribution in [0.15, 0.2) is 18.5 Å². The maximum Gasteiger partial charge on any atom is 0.116 e. The number of hydrogen-bond acceptors (Lipinski definition) is 2. The van der Waals surface area contributed by atoms with Gasteiger partial charge < -0.3 is 0 Å². The van der Waals surface area contributed by atoms with Crippen LogP contribution in [0.4, 0.5) is 0 Å². The van der Waals surface area contributed by atoms with Gasteiger partial charge in [0.05, 0.1) is 11.2 Å². The van der Waals surface area contributed by atoms with Crippen molar-refractivity contribution in [1.82, 2.24) is 9.97 Å². The fraction of sp³-hybridized carbons (Fsp3) is 0.467. The lowest BCUT2D eigenvalue weighted by atomic mass is 9.97. The molecule has 1 saturated carbocycles. The van der Waals surface area contributed by atoms with Crippen molar-refractivity contribution in [2.24, 2.45) is 0 Å². The molecule has 1 aliphatic carbocycles. The Kier molecular flexibility index (Phi) is 2.39. The molecule has 0 N–H and O–H groups in total. The van der Waals surface area contributed by atoms with Crippen LogP contribution < -0.4 is 0 Å². The van der Waals surface area contributed by atoms with E-state index in [0.717, 1.165) is 11.4 Å². The van der Waals surface area contributed by atoms with Crippen molar-refractivity contribution in [3.8, 4) is 0 Å². The van der Waals surface area contributed by atoms with Gasteiger partial charge in [0.1, 0.15) is 6.33 Å². The highest BCUT2D eigenvalue weighted by atomic mass is 14.8. The van der Waals surface area contributed by atoms with Crippen molar-refractivity contribution in [1.29, 1.82) is 0 Å². The second kappa shape index (κ2) is 3.80. The van der Waals surface area contributed by atoms with Gasteiger partial charge in [0.25, 0.3) is 0 Å². The molecule has 2 nitrogen and oxygen atoms in total. The fourth-order valence-electron chi connectivity index (χ4n) is 2.54. The lowest BCUT2D eigenvalue weighted by Gasteiger charge is -2.11. The van der Waals surface area contributed by atoms with E-state index < -0.39 is 0 Å². The molecular weight excluding hydrogens is 208 g/mol. The second-order valence-electron chi connectivity index (χ2n) is 5.41. The quantitative estimate of drug-likeness (QED) is 0.775. The number of nitrogens with zero attached hydrogens (tertiary/aromatic N) is 2. The summed E-state index contributed by atoms with van der Waals surface area (Å²) in [5, 5.41) is 1.25. The van der Waals surface area contributed by atoms with Crippen LogP contribution in [-0.4, -0.2) is 9.97 Å². The van der Waals surface area contributed by atoms with Gasteiger partial charge in [0, 0.05) is 5.39 Å². The van der Waals surface area contributed by atoms with E-state index in [1.807, 2.05) is 0 Å². The number of aryl methyl sites for hydroxylation is 1. The van der Waals surface area contributed by atoms with Crippen molar-refractivity contribution >= 4 is 10.9 Å². The highest BCUT2D eigenvalue weighted by Gasteiger charge is 2.25. The van der Waals surface area contributed by atoms with Gasteiger partial charge in [-0.2, -0.15) is 0 Å². The first-order valence-electron chi connectivity index (χ1n) is 6.42. The molecule has 2 heteroatoms. The summed E-state index contributed by atoms with van der Waals surface area (Å²) >= 11 is 0. The predicted octanol–water partition coefficient (Wildman–Crippen LogP) is 3.94. The maximum atomic E-state index is 4.45. The minimum Gasteiger partial charge on any atom is -0.240 e. The molecule has 17 heavy (non-hydrogen) atoms. The van der Waals surface area contributed by atoms with Gasteiger partial charge >= 0.3 is 0 Å². The zero-order chi connectivity index (χ0) is 12.0. The molecule has 0 radical (unpaired) electrons. The van der Waals surface area contributed by atoms with Gasteiger partial charge in [0.2, 0.25) is 0 Å². The molecule has 3 rings (SSSR count). The molecule has 0 bridgehead atoms. The molecule has 0 spiro atoms.